The van der Waals surface area contributed by atoms with Crippen LogP contribution in [-0.2, 0) is 23.6 Å². The maximum Gasteiger partial charge on any atom is 0.273 e. The molecule has 2 aromatic heterocycles. The minimum atomic E-state index is -3.88. The third kappa shape index (κ3) is 2.02. The molecule has 0 bridgehead atoms. The molecule has 0 saturated carbocycles. The van der Waals surface area contributed by atoms with Gasteiger partial charge in [0.05, 0.1) is 11.3 Å². The fraction of sp³-hybridized carbons (Fsp3) is 0.444. The standard InChI is InChI=1S/C9H14N6O2S/c1-4-15-8(7-5-14(3)13-6(7)2)11-12-9(15)18(10,16)17/h5H,4H2,1-3H3,(H2,10,16,17). The zero-order chi connectivity index (χ0) is 13.5. The quantitative estimate of drug-likeness (QED) is 0.820. The monoisotopic (exact) mass is 270 g/mol. The van der Waals surface area contributed by atoms with Crippen molar-refractivity contribution in [3.05, 3.63) is 11.9 Å². The predicted octanol–water partition coefficient (Wildman–Crippen LogP) is -0.346. The van der Waals surface area contributed by atoms with Crippen LogP contribution in [0.4, 0.5) is 0 Å². The highest BCUT2D eigenvalue weighted by atomic mass is 32.2. The largest absolute Gasteiger partial charge is 0.297 e. The molecule has 0 aromatic carbocycles. The van der Waals surface area contributed by atoms with Crippen LogP contribution < -0.4 is 5.14 Å². The van der Waals surface area contributed by atoms with Crippen molar-refractivity contribution < 1.29 is 8.42 Å². The van der Waals surface area contributed by atoms with Gasteiger partial charge >= 0.3 is 0 Å². The molecule has 8 nitrogen and oxygen atoms in total. The maximum atomic E-state index is 11.4. The van der Waals surface area contributed by atoms with Crippen molar-refractivity contribution in [2.45, 2.75) is 25.5 Å². The van der Waals surface area contributed by atoms with Crippen LogP contribution in [0, 0.1) is 6.92 Å². The average molecular weight is 270 g/mol. The molecule has 0 atom stereocenters. The fourth-order valence-corrected chi connectivity index (χ4v) is 2.48. The van der Waals surface area contributed by atoms with E-state index in [1.54, 1.807) is 24.9 Å². The van der Waals surface area contributed by atoms with E-state index in [9.17, 15) is 8.42 Å². The van der Waals surface area contributed by atoms with Crippen LogP contribution in [-0.4, -0.2) is 33.0 Å². The Morgan fingerprint density at radius 3 is 2.50 bits per heavy atom. The highest BCUT2D eigenvalue weighted by Crippen LogP contribution is 2.22. The Labute approximate surface area is 104 Å². The molecule has 0 amide bonds. The van der Waals surface area contributed by atoms with E-state index in [1.165, 1.54) is 4.57 Å². The molecule has 98 valence electrons. The molecule has 2 heterocycles. The van der Waals surface area contributed by atoms with E-state index in [-0.39, 0.29) is 5.16 Å². The van der Waals surface area contributed by atoms with E-state index >= 15 is 0 Å². The summed E-state index contributed by atoms with van der Waals surface area (Å²) in [6.07, 6.45) is 1.76. The van der Waals surface area contributed by atoms with Crippen LogP contribution in [0.25, 0.3) is 11.4 Å². The summed E-state index contributed by atoms with van der Waals surface area (Å²) < 4.78 is 25.9. The molecule has 2 N–H and O–H groups in total. The molecule has 2 aromatic rings. The summed E-state index contributed by atoms with van der Waals surface area (Å²) in [6.45, 7) is 4.02. The van der Waals surface area contributed by atoms with Crippen LogP contribution in [0.3, 0.4) is 0 Å². The Balaban J connectivity index is 2.67. The molecular formula is C9H14N6O2S. The van der Waals surface area contributed by atoms with Gasteiger partial charge < -0.3 is 0 Å². The minimum Gasteiger partial charge on any atom is -0.297 e. The van der Waals surface area contributed by atoms with Gasteiger partial charge in [-0.15, -0.1) is 10.2 Å². The van der Waals surface area contributed by atoms with E-state index in [0.717, 1.165) is 11.3 Å². The van der Waals surface area contributed by atoms with Crippen LogP contribution in [0.5, 0.6) is 0 Å². The van der Waals surface area contributed by atoms with Gasteiger partial charge in [0.25, 0.3) is 15.2 Å². The number of rotatable bonds is 3. The second-order valence-electron chi connectivity index (χ2n) is 3.90. The molecule has 0 saturated heterocycles. The third-order valence-corrected chi connectivity index (χ3v) is 3.35. The van der Waals surface area contributed by atoms with Gasteiger partial charge in [0.1, 0.15) is 0 Å². The van der Waals surface area contributed by atoms with Gasteiger partial charge in [0, 0.05) is 19.8 Å². The molecule has 0 radical (unpaired) electrons. The summed E-state index contributed by atoms with van der Waals surface area (Å²) in [5.74, 6) is 0.451. The molecule has 0 aliphatic rings. The van der Waals surface area contributed by atoms with E-state index in [0.29, 0.717) is 12.4 Å². The van der Waals surface area contributed by atoms with Crippen molar-refractivity contribution >= 4 is 10.0 Å². The van der Waals surface area contributed by atoms with Gasteiger partial charge in [-0.1, -0.05) is 0 Å². The normalized spacial score (nSPS) is 12.0. The van der Waals surface area contributed by atoms with Crippen LogP contribution >= 0.6 is 0 Å². The number of nitrogens with two attached hydrogens (primary N) is 1. The highest BCUT2D eigenvalue weighted by Gasteiger charge is 2.22. The molecule has 18 heavy (non-hydrogen) atoms. The number of primary sulfonamides is 1. The number of aryl methyl sites for hydroxylation is 2. The smallest absolute Gasteiger partial charge is 0.273 e. The Hall–Kier alpha value is -1.74. The molecule has 0 aliphatic carbocycles. The summed E-state index contributed by atoms with van der Waals surface area (Å²) in [5, 5.41) is 16.6. The lowest BCUT2D eigenvalue weighted by atomic mass is 10.2. The fourth-order valence-electron chi connectivity index (χ4n) is 1.80. The zero-order valence-corrected chi connectivity index (χ0v) is 11.1. The minimum absolute atomic E-state index is 0.233. The number of hydrogen-bond donors (Lipinski definition) is 1. The Morgan fingerprint density at radius 2 is 2.06 bits per heavy atom. The van der Waals surface area contributed by atoms with Gasteiger partial charge in [-0.25, -0.2) is 13.6 Å². The van der Waals surface area contributed by atoms with Crippen molar-refractivity contribution in [3.63, 3.8) is 0 Å². The molecule has 0 aliphatic heterocycles. The first-order chi connectivity index (χ1) is 8.34. The summed E-state index contributed by atoms with van der Waals surface area (Å²) in [6, 6.07) is 0. The second kappa shape index (κ2) is 4.18. The Morgan fingerprint density at radius 1 is 1.39 bits per heavy atom. The van der Waals surface area contributed by atoms with E-state index in [4.69, 9.17) is 5.14 Å². The lowest BCUT2D eigenvalue weighted by molar-refractivity contribution is 0.571. The van der Waals surface area contributed by atoms with Crippen LogP contribution in [0.15, 0.2) is 11.4 Å². The van der Waals surface area contributed by atoms with E-state index in [1.807, 2.05) is 6.92 Å². The topological polar surface area (TPSA) is 109 Å². The number of aromatic nitrogens is 5. The van der Waals surface area contributed by atoms with Crippen molar-refractivity contribution in [2.24, 2.45) is 12.2 Å². The van der Waals surface area contributed by atoms with Gasteiger partial charge in [-0.2, -0.15) is 5.10 Å². The average Bonchev–Trinajstić information content (AvgIpc) is 2.79. The first-order valence-corrected chi connectivity index (χ1v) is 6.85. The molecular weight excluding hydrogens is 256 g/mol. The van der Waals surface area contributed by atoms with Gasteiger partial charge in [-0.05, 0) is 13.8 Å². The Kier molecular flexibility index (Phi) is 2.95. The zero-order valence-electron chi connectivity index (χ0n) is 10.3. The number of sulfonamides is 1. The summed E-state index contributed by atoms with van der Waals surface area (Å²) in [7, 11) is -2.10. The number of nitrogens with zero attached hydrogens (tertiary/aromatic N) is 5. The molecule has 0 spiro atoms. The van der Waals surface area contributed by atoms with Crippen LogP contribution in [0.2, 0.25) is 0 Å². The van der Waals surface area contributed by atoms with Crippen molar-refractivity contribution in [1.29, 1.82) is 0 Å². The van der Waals surface area contributed by atoms with Gasteiger partial charge in [0.15, 0.2) is 5.82 Å². The summed E-state index contributed by atoms with van der Waals surface area (Å²) >= 11 is 0. The van der Waals surface area contributed by atoms with E-state index < -0.39 is 10.0 Å². The Bertz CT molecular complexity index is 684. The summed E-state index contributed by atoms with van der Waals surface area (Å²) in [4.78, 5) is 0. The van der Waals surface area contributed by atoms with E-state index in [2.05, 4.69) is 15.3 Å². The van der Waals surface area contributed by atoms with Crippen molar-refractivity contribution in [2.75, 3.05) is 0 Å². The third-order valence-electron chi connectivity index (χ3n) is 2.54. The van der Waals surface area contributed by atoms with Gasteiger partial charge in [0.2, 0.25) is 0 Å². The van der Waals surface area contributed by atoms with Gasteiger partial charge in [-0.3, -0.25) is 9.25 Å². The molecule has 0 unspecified atom stereocenters. The maximum absolute atomic E-state index is 11.4. The molecule has 0 fully saturated rings. The first-order valence-electron chi connectivity index (χ1n) is 5.31. The predicted molar refractivity (Wildman–Crippen MR) is 64.0 cm³/mol. The number of hydrogen-bond acceptors (Lipinski definition) is 5. The molecule has 2 rings (SSSR count). The molecule has 9 heteroatoms. The lowest BCUT2D eigenvalue weighted by Crippen LogP contribution is -2.18. The van der Waals surface area contributed by atoms with Crippen LogP contribution in [0.1, 0.15) is 12.6 Å². The lowest BCUT2D eigenvalue weighted by Gasteiger charge is -2.04. The van der Waals surface area contributed by atoms with Crippen molar-refractivity contribution in [3.8, 4) is 11.4 Å². The first kappa shape index (κ1) is 12.7. The SMILES string of the molecule is CCn1c(-c2cn(C)nc2C)nnc1S(N)(=O)=O. The summed E-state index contributed by atoms with van der Waals surface area (Å²) in [5.41, 5.74) is 1.49. The van der Waals surface area contributed by atoms with Crippen molar-refractivity contribution in [1.82, 2.24) is 24.5 Å². The second-order valence-corrected chi connectivity index (χ2v) is 5.35. The highest BCUT2D eigenvalue weighted by molar-refractivity contribution is 7.89.